The van der Waals surface area contributed by atoms with Gasteiger partial charge in [0.1, 0.15) is 18.2 Å². The minimum Gasteiger partial charge on any atom is -0.384 e. The lowest BCUT2D eigenvalue weighted by molar-refractivity contribution is -0.476. The average molecular weight is 162 g/mol. The van der Waals surface area contributed by atoms with Crippen molar-refractivity contribution in [1.29, 1.82) is 0 Å². The summed E-state index contributed by atoms with van der Waals surface area (Å²) in [6.45, 7) is 0.356. The lowest BCUT2D eigenvalue weighted by Gasteiger charge is -2.30. The second-order valence-corrected chi connectivity index (χ2v) is 3.02. The van der Waals surface area contributed by atoms with Gasteiger partial charge in [0.25, 0.3) is 0 Å². The van der Waals surface area contributed by atoms with Crippen molar-refractivity contribution in [1.82, 2.24) is 0 Å². The van der Waals surface area contributed by atoms with Gasteiger partial charge in [-0.1, -0.05) is 0 Å². The number of aliphatic hydroxyl groups is 2. The first-order valence-electron chi connectivity index (χ1n) is 3.66. The molecule has 0 radical (unpaired) electrons. The highest BCUT2D eigenvalue weighted by Gasteiger charge is 2.50. The molecule has 2 aliphatic heterocycles. The maximum absolute atomic E-state index is 9.41. The van der Waals surface area contributed by atoms with E-state index in [1.165, 1.54) is 0 Å². The zero-order chi connectivity index (χ0) is 8.01. The topological polar surface area (TPSA) is 86.6 Å². The van der Waals surface area contributed by atoms with Crippen molar-refractivity contribution in [3.63, 3.8) is 0 Å². The van der Waals surface area contributed by atoms with Gasteiger partial charge < -0.3 is 25.4 Å². The normalized spacial score (nSPS) is 56.5. The zero-order valence-corrected chi connectivity index (χ0v) is 6.01. The SMILES string of the molecule is [NH3+][C@@H]1[C@@H](O)[C@H]2CO[C@H](O2)[C@@H]1O. The van der Waals surface area contributed by atoms with E-state index in [0.29, 0.717) is 6.61 Å². The van der Waals surface area contributed by atoms with Gasteiger partial charge in [-0.3, -0.25) is 0 Å². The predicted octanol–water partition coefficient (Wildman–Crippen LogP) is -2.93. The molecule has 5 heteroatoms. The van der Waals surface area contributed by atoms with Crippen LogP contribution in [0.15, 0.2) is 0 Å². The number of hydrogen-bond donors (Lipinski definition) is 3. The summed E-state index contributed by atoms with van der Waals surface area (Å²) in [5.41, 5.74) is 3.64. The second-order valence-electron chi connectivity index (χ2n) is 3.02. The Morgan fingerprint density at radius 2 is 2.00 bits per heavy atom. The highest BCUT2D eigenvalue weighted by Crippen LogP contribution is 2.25. The molecule has 2 rings (SSSR count). The molecule has 2 fully saturated rings. The number of ether oxygens (including phenoxy) is 2. The summed E-state index contributed by atoms with van der Waals surface area (Å²) in [7, 11) is 0. The number of quaternary nitrogens is 1. The molecule has 0 aliphatic carbocycles. The Morgan fingerprint density at radius 1 is 1.27 bits per heavy atom. The Morgan fingerprint density at radius 3 is 2.73 bits per heavy atom. The van der Waals surface area contributed by atoms with Crippen molar-refractivity contribution in [2.75, 3.05) is 6.61 Å². The van der Waals surface area contributed by atoms with Crippen LogP contribution in [-0.2, 0) is 9.47 Å². The minimum absolute atomic E-state index is 0.300. The zero-order valence-electron chi connectivity index (χ0n) is 6.01. The fourth-order valence-corrected chi connectivity index (χ4v) is 1.48. The number of fused-ring (bicyclic) bond motifs is 2. The van der Waals surface area contributed by atoms with E-state index in [-0.39, 0.29) is 6.10 Å². The quantitative estimate of drug-likeness (QED) is 0.356. The van der Waals surface area contributed by atoms with E-state index in [0.717, 1.165) is 0 Å². The molecular formula is C6H12NO4+. The molecular weight excluding hydrogens is 150 g/mol. The Hall–Kier alpha value is -0.200. The van der Waals surface area contributed by atoms with E-state index in [1.54, 1.807) is 0 Å². The maximum Gasteiger partial charge on any atom is 0.190 e. The molecule has 64 valence electrons. The monoisotopic (exact) mass is 162 g/mol. The number of aliphatic hydroxyl groups excluding tert-OH is 2. The third-order valence-electron chi connectivity index (χ3n) is 2.27. The summed E-state index contributed by atoms with van der Waals surface area (Å²) in [5.74, 6) is 0. The molecule has 2 saturated heterocycles. The standard InChI is InChI=1S/C6H11NO4/c7-3-4(8)2-1-10-6(11-2)5(3)9/h2-6,8-9H,1,7H2/p+1/t2-,3-,4+,5-,6-/m1/s1. The molecule has 0 aromatic heterocycles. The maximum atomic E-state index is 9.41. The summed E-state index contributed by atoms with van der Waals surface area (Å²) in [4.78, 5) is 0. The molecule has 5 N–H and O–H groups in total. The van der Waals surface area contributed by atoms with Crippen molar-refractivity contribution in [3.05, 3.63) is 0 Å². The Bertz CT molecular complexity index is 145. The van der Waals surface area contributed by atoms with Gasteiger partial charge in [-0.05, 0) is 0 Å². The van der Waals surface area contributed by atoms with E-state index in [2.05, 4.69) is 5.73 Å². The molecule has 11 heavy (non-hydrogen) atoms. The van der Waals surface area contributed by atoms with Crippen LogP contribution in [-0.4, -0.2) is 47.5 Å². The molecule has 2 heterocycles. The van der Waals surface area contributed by atoms with Crippen LogP contribution < -0.4 is 5.73 Å². The molecule has 0 amide bonds. The molecule has 0 aromatic rings. The first-order valence-corrected chi connectivity index (χ1v) is 3.66. The summed E-state index contributed by atoms with van der Waals surface area (Å²) in [6.07, 6.45) is -2.38. The lowest BCUT2D eigenvalue weighted by atomic mass is 9.99. The van der Waals surface area contributed by atoms with Crippen molar-refractivity contribution < 1.29 is 25.4 Å². The Kier molecular flexibility index (Phi) is 1.62. The Labute approximate surface area is 63.7 Å². The van der Waals surface area contributed by atoms with Gasteiger partial charge in [-0.15, -0.1) is 0 Å². The van der Waals surface area contributed by atoms with Gasteiger partial charge in [-0.2, -0.15) is 0 Å². The third-order valence-corrected chi connectivity index (χ3v) is 2.27. The van der Waals surface area contributed by atoms with Crippen molar-refractivity contribution in [3.8, 4) is 0 Å². The minimum atomic E-state index is -0.802. The highest BCUT2D eigenvalue weighted by atomic mass is 16.7. The fourth-order valence-electron chi connectivity index (χ4n) is 1.48. The van der Waals surface area contributed by atoms with Gasteiger partial charge in [0.05, 0.1) is 6.61 Å². The van der Waals surface area contributed by atoms with Crippen LogP contribution in [0.2, 0.25) is 0 Å². The first kappa shape index (κ1) is 7.45. The van der Waals surface area contributed by atoms with E-state index in [1.807, 2.05) is 0 Å². The molecule has 2 bridgehead atoms. The molecule has 0 spiro atoms. The van der Waals surface area contributed by atoms with Gasteiger partial charge in [-0.25, -0.2) is 0 Å². The molecule has 0 aromatic carbocycles. The van der Waals surface area contributed by atoms with Gasteiger partial charge in [0.15, 0.2) is 12.4 Å². The fraction of sp³-hybridized carbons (Fsp3) is 1.00. The van der Waals surface area contributed by atoms with Crippen molar-refractivity contribution in [2.24, 2.45) is 0 Å². The third kappa shape index (κ3) is 0.969. The van der Waals surface area contributed by atoms with Crippen LogP contribution in [0.25, 0.3) is 0 Å². The number of rotatable bonds is 0. The Balaban J connectivity index is 2.16. The molecule has 0 saturated carbocycles. The summed E-state index contributed by atoms with van der Waals surface area (Å²) >= 11 is 0. The summed E-state index contributed by atoms with van der Waals surface area (Å²) in [6, 6.07) is -0.402. The smallest absolute Gasteiger partial charge is 0.190 e. The van der Waals surface area contributed by atoms with Crippen LogP contribution in [0, 0.1) is 0 Å². The highest BCUT2D eigenvalue weighted by molar-refractivity contribution is 4.91. The van der Waals surface area contributed by atoms with Gasteiger partial charge in [0, 0.05) is 0 Å². The van der Waals surface area contributed by atoms with Crippen molar-refractivity contribution in [2.45, 2.75) is 30.6 Å². The molecule has 0 unspecified atom stereocenters. The number of hydrogen-bond acceptors (Lipinski definition) is 4. The largest absolute Gasteiger partial charge is 0.384 e. The van der Waals surface area contributed by atoms with E-state index < -0.39 is 24.5 Å². The molecule has 5 nitrogen and oxygen atoms in total. The van der Waals surface area contributed by atoms with E-state index in [9.17, 15) is 10.2 Å². The predicted molar refractivity (Wildman–Crippen MR) is 33.3 cm³/mol. The van der Waals surface area contributed by atoms with Gasteiger partial charge >= 0.3 is 0 Å². The lowest BCUT2D eigenvalue weighted by Crippen LogP contribution is -2.76. The van der Waals surface area contributed by atoms with Crippen LogP contribution in [0.5, 0.6) is 0 Å². The van der Waals surface area contributed by atoms with Crippen LogP contribution in [0.4, 0.5) is 0 Å². The van der Waals surface area contributed by atoms with E-state index >= 15 is 0 Å². The summed E-state index contributed by atoms with van der Waals surface area (Å²) < 4.78 is 10.2. The second kappa shape index (κ2) is 2.40. The summed E-state index contributed by atoms with van der Waals surface area (Å²) in [5, 5.41) is 18.8. The molecule has 2 aliphatic rings. The van der Waals surface area contributed by atoms with Crippen LogP contribution >= 0.6 is 0 Å². The van der Waals surface area contributed by atoms with Crippen molar-refractivity contribution >= 4 is 0 Å². The molecule has 5 atom stereocenters. The average Bonchev–Trinajstić information content (AvgIpc) is 2.44. The van der Waals surface area contributed by atoms with Crippen LogP contribution in [0.3, 0.4) is 0 Å². The van der Waals surface area contributed by atoms with E-state index in [4.69, 9.17) is 9.47 Å². The first-order chi connectivity index (χ1) is 5.20. The van der Waals surface area contributed by atoms with Crippen LogP contribution in [0.1, 0.15) is 0 Å². The van der Waals surface area contributed by atoms with Gasteiger partial charge in [0.2, 0.25) is 0 Å².